The van der Waals surface area contributed by atoms with Crippen LogP contribution in [0.3, 0.4) is 0 Å². The molecule has 0 saturated carbocycles. The van der Waals surface area contributed by atoms with Crippen LogP contribution in [-0.2, 0) is 10.8 Å². The maximum atomic E-state index is 5.00. The Kier molecular flexibility index (Phi) is 14.8. The standard InChI is InChI=1S/2C46H33N3/c1-46(2)41-22-10-9-21-39(41)40-26-24-36-28-35(23-25-38(36)42(40)46)33-18-11-17-32(27-33)34-19-12-20-37(29-34)45-48-43(30-13-5-3-6-14-30)47-44(49-45)31-15-7-4-8-16-31;1-46(2)41-26-12-11-23-38(41)40-28-27-37-36(24-14-25-39(37)42(40)46)35-22-10-9-21-34(35)32-19-13-20-33(29-32)45-48-43(30-15-5-3-6-16-30)47-44(49-45)31-17-7-4-8-18-31/h2*3-29H,1-2H3. The summed E-state index contributed by atoms with van der Waals surface area (Å²) in [7, 11) is 0. The molecule has 0 atom stereocenters. The third-order valence-corrected chi connectivity index (χ3v) is 19.8. The molecule has 2 heterocycles. The third kappa shape index (κ3) is 10.6. The van der Waals surface area contributed by atoms with Crippen molar-refractivity contribution in [3.05, 3.63) is 350 Å². The molecule has 18 rings (SSSR count). The minimum absolute atomic E-state index is 0.0415. The summed E-state index contributed by atoms with van der Waals surface area (Å²) in [5.74, 6) is 3.93. The number of hydrogen-bond donors (Lipinski definition) is 0. The zero-order valence-corrected chi connectivity index (χ0v) is 54.9. The lowest BCUT2D eigenvalue weighted by atomic mass is 9.79. The summed E-state index contributed by atoms with van der Waals surface area (Å²) < 4.78 is 0. The van der Waals surface area contributed by atoms with Crippen LogP contribution in [0, 0.1) is 0 Å². The van der Waals surface area contributed by atoms with Crippen molar-refractivity contribution in [2.24, 2.45) is 0 Å². The number of fused-ring (bicyclic) bond motifs is 10. The normalized spacial score (nSPS) is 12.9. The molecule has 98 heavy (non-hydrogen) atoms. The molecule has 0 fully saturated rings. The van der Waals surface area contributed by atoms with Crippen LogP contribution < -0.4 is 0 Å². The highest BCUT2D eigenvalue weighted by atomic mass is 15.0. The smallest absolute Gasteiger partial charge is 0.164 e. The second kappa shape index (κ2) is 24.4. The fraction of sp³-hybridized carbons (Fsp3) is 0.0652. The Morgan fingerprint density at radius 1 is 0.184 bits per heavy atom. The van der Waals surface area contributed by atoms with E-state index in [9.17, 15) is 0 Å². The quantitative estimate of drug-likeness (QED) is 0.136. The molecule has 0 spiro atoms. The second-order valence-electron chi connectivity index (χ2n) is 26.5. The molecule has 0 N–H and O–H groups in total. The van der Waals surface area contributed by atoms with Crippen LogP contribution >= 0.6 is 0 Å². The van der Waals surface area contributed by atoms with Crippen LogP contribution in [0.4, 0.5) is 0 Å². The van der Waals surface area contributed by atoms with Gasteiger partial charge in [0.1, 0.15) is 0 Å². The fourth-order valence-corrected chi connectivity index (χ4v) is 15.1. The van der Waals surface area contributed by atoms with Crippen LogP contribution in [0.2, 0.25) is 0 Å². The van der Waals surface area contributed by atoms with Crippen molar-refractivity contribution < 1.29 is 0 Å². The molecule has 6 nitrogen and oxygen atoms in total. The van der Waals surface area contributed by atoms with Gasteiger partial charge in [-0.2, -0.15) is 0 Å². The van der Waals surface area contributed by atoms with Gasteiger partial charge in [-0.1, -0.05) is 331 Å². The van der Waals surface area contributed by atoms with Gasteiger partial charge >= 0.3 is 0 Å². The molecule has 2 aliphatic carbocycles. The summed E-state index contributed by atoms with van der Waals surface area (Å²) in [5, 5.41) is 5.17. The van der Waals surface area contributed by atoms with Crippen molar-refractivity contribution in [1.29, 1.82) is 0 Å². The highest BCUT2D eigenvalue weighted by Gasteiger charge is 2.38. The summed E-state index contributed by atoms with van der Waals surface area (Å²) >= 11 is 0. The van der Waals surface area contributed by atoms with Crippen LogP contribution in [0.25, 0.3) is 157 Å². The first-order valence-corrected chi connectivity index (χ1v) is 33.6. The van der Waals surface area contributed by atoms with Crippen molar-refractivity contribution in [2.45, 2.75) is 38.5 Å². The Morgan fingerprint density at radius 2 is 0.500 bits per heavy atom. The van der Waals surface area contributed by atoms with E-state index >= 15 is 0 Å². The predicted octanol–water partition coefficient (Wildman–Crippen LogP) is 23.3. The minimum atomic E-state index is -0.0837. The molecular weight excluding hydrogens is 1190 g/mol. The first kappa shape index (κ1) is 59.4. The van der Waals surface area contributed by atoms with Gasteiger partial charge in [-0.3, -0.25) is 0 Å². The van der Waals surface area contributed by atoms with Crippen molar-refractivity contribution in [3.63, 3.8) is 0 Å². The molecule has 0 saturated heterocycles. The largest absolute Gasteiger partial charge is 0.208 e. The molecule has 2 aromatic heterocycles. The van der Waals surface area contributed by atoms with E-state index in [0.717, 1.165) is 50.1 Å². The molecule has 0 radical (unpaired) electrons. The van der Waals surface area contributed by atoms with E-state index in [0.29, 0.717) is 34.9 Å². The molecule has 0 aliphatic heterocycles. The van der Waals surface area contributed by atoms with Gasteiger partial charge in [0.05, 0.1) is 0 Å². The lowest BCUT2D eigenvalue weighted by Gasteiger charge is -2.24. The molecule has 464 valence electrons. The second-order valence-corrected chi connectivity index (χ2v) is 26.5. The van der Waals surface area contributed by atoms with E-state index in [-0.39, 0.29) is 10.8 Å². The summed E-state index contributed by atoms with van der Waals surface area (Å²) in [5.41, 5.74) is 26.0. The van der Waals surface area contributed by atoms with E-state index < -0.39 is 0 Å². The predicted molar refractivity (Wildman–Crippen MR) is 404 cm³/mol. The van der Waals surface area contributed by atoms with Gasteiger partial charge in [0, 0.05) is 44.2 Å². The Hall–Kier alpha value is -12.4. The van der Waals surface area contributed by atoms with Gasteiger partial charge < -0.3 is 0 Å². The molecule has 16 aromatic rings. The van der Waals surface area contributed by atoms with Gasteiger partial charge in [0.15, 0.2) is 34.9 Å². The lowest BCUT2D eigenvalue weighted by molar-refractivity contribution is 0.666. The van der Waals surface area contributed by atoms with E-state index in [1.807, 2.05) is 121 Å². The number of benzene rings is 14. The first-order chi connectivity index (χ1) is 48.1. The van der Waals surface area contributed by atoms with Gasteiger partial charge in [-0.15, -0.1) is 0 Å². The van der Waals surface area contributed by atoms with E-state index in [1.165, 1.54) is 93.9 Å². The third-order valence-electron chi connectivity index (χ3n) is 19.8. The molecule has 0 bridgehead atoms. The lowest BCUT2D eigenvalue weighted by Crippen LogP contribution is -2.15. The molecule has 0 unspecified atom stereocenters. The van der Waals surface area contributed by atoms with Crippen molar-refractivity contribution in [1.82, 2.24) is 29.9 Å². The SMILES string of the molecule is CC1(C)c2ccccc2-c2ccc3c(-c4ccccc4-c4cccc(-c5nc(-c6ccccc6)nc(-c6ccccc6)n5)c4)cccc3c21.CC1(C)c2ccccc2-c2ccc3cc(-c4cccc(-c5cccc(-c6nc(-c7ccccc7)nc(-c7ccccc7)n6)c5)c4)ccc3c21. The highest BCUT2D eigenvalue weighted by Crippen LogP contribution is 2.54. The monoisotopic (exact) mass is 1250 g/mol. The molecular formula is C92H66N6. The van der Waals surface area contributed by atoms with Crippen molar-refractivity contribution in [2.75, 3.05) is 0 Å². The van der Waals surface area contributed by atoms with Crippen LogP contribution in [-0.4, -0.2) is 29.9 Å². The first-order valence-electron chi connectivity index (χ1n) is 33.6. The molecule has 0 amide bonds. The molecule has 2 aliphatic rings. The number of hydrogen-bond acceptors (Lipinski definition) is 6. The minimum Gasteiger partial charge on any atom is -0.208 e. The van der Waals surface area contributed by atoms with Crippen molar-refractivity contribution >= 4 is 21.5 Å². The van der Waals surface area contributed by atoms with Crippen LogP contribution in [0.15, 0.2) is 328 Å². The van der Waals surface area contributed by atoms with Crippen LogP contribution in [0.1, 0.15) is 49.9 Å². The molecule has 14 aromatic carbocycles. The van der Waals surface area contributed by atoms with E-state index in [2.05, 4.69) is 234 Å². The van der Waals surface area contributed by atoms with E-state index in [1.54, 1.807) is 0 Å². The van der Waals surface area contributed by atoms with Crippen molar-refractivity contribution in [3.8, 4) is 135 Å². The molecule has 6 heteroatoms. The Morgan fingerprint density at radius 3 is 0.980 bits per heavy atom. The maximum absolute atomic E-state index is 5.00. The summed E-state index contributed by atoms with van der Waals surface area (Å²) in [6, 6.07) is 116. The average Bonchev–Trinajstić information content (AvgIpc) is 1.56. The number of nitrogens with zero attached hydrogens (tertiary/aromatic N) is 6. The zero-order valence-electron chi connectivity index (χ0n) is 54.9. The van der Waals surface area contributed by atoms with Gasteiger partial charge in [0.25, 0.3) is 0 Å². The topological polar surface area (TPSA) is 77.3 Å². The Bertz CT molecular complexity index is 5630. The summed E-state index contributed by atoms with van der Waals surface area (Å²) in [6.45, 7) is 9.42. The summed E-state index contributed by atoms with van der Waals surface area (Å²) in [6.07, 6.45) is 0. The Balaban J connectivity index is 0.000000147. The van der Waals surface area contributed by atoms with Gasteiger partial charge in [0.2, 0.25) is 0 Å². The maximum Gasteiger partial charge on any atom is 0.164 e. The Labute approximate surface area is 571 Å². The highest BCUT2D eigenvalue weighted by molar-refractivity contribution is 6.06. The average molecular weight is 1260 g/mol. The zero-order chi connectivity index (χ0) is 65.9. The number of aromatic nitrogens is 6. The van der Waals surface area contributed by atoms with Gasteiger partial charge in [-0.25, -0.2) is 29.9 Å². The van der Waals surface area contributed by atoms with Gasteiger partial charge in [-0.05, 0) is 135 Å². The van der Waals surface area contributed by atoms with Crippen LogP contribution in [0.5, 0.6) is 0 Å². The number of rotatable bonds is 10. The fourth-order valence-electron chi connectivity index (χ4n) is 15.1. The van der Waals surface area contributed by atoms with E-state index in [4.69, 9.17) is 29.9 Å². The summed E-state index contributed by atoms with van der Waals surface area (Å²) in [4.78, 5) is 29.7.